The van der Waals surface area contributed by atoms with Gasteiger partial charge in [-0.1, -0.05) is 6.07 Å². The molecule has 3 rings (SSSR count). The van der Waals surface area contributed by atoms with Crippen LogP contribution in [0.3, 0.4) is 0 Å². The number of carbonyl (C=O) groups excluding carboxylic acids is 1. The third kappa shape index (κ3) is 4.28. The Bertz CT molecular complexity index is 909. The highest BCUT2D eigenvalue weighted by Gasteiger charge is 2.29. The summed E-state index contributed by atoms with van der Waals surface area (Å²) in [6.07, 6.45) is 2.38. The summed E-state index contributed by atoms with van der Waals surface area (Å²) >= 11 is 0. The molecule has 0 radical (unpaired) electrons. The van der Waals surface area contributed by atoms with Crippen LogP contribution in [-0.2, 0) is 10.0 Å². The minimum Gasteiger partial charge on any atom is -0.472 e. The first kappa shape index (κ1) is 19.3. The van der Waals surface area contributed by atoms with Gasteiger partial charge >= 0.3 is 0 Å². The lowest BCUT2D eigenvalue weighted by atomic mass is 10.2. The lowest BCUT2D eigenvalue weighted by Crippen LogP contribution is -2.31. The van der Waals surface area contributed by atoms with Gasteiger partial charge in [0.15, 0.2) is 0 Å². The topological polar surface area (TPSA) is 79.8 Å². The lowest BCUT2D eigenvalue weighted by Gasteiger charge is -2.17. The molecular formula is C19H23N3O4S. The first-order valence-corrected chi connectivity index (χ1v) is 10.1. The Labute approximate surface area is 159 Å². The first-order valence-electron chi connectivity index (χ1n) is 8.68. The Morgan fingerprint density at radius 2 is 1.89 bits per heavy atom. The largest absolute Gasteiger partial charge is 0.472 e. The highest BCUT2D eigenvalue weighted by atomic mass is 32.2. The van der Waals surface area contributed by atoms with Crippen LogP contribution < -0.4 is 4.74 Å². The molecule has 1 fully saturated rings. The Balaban J connectivity index is 1.64. The zero-order valence-corrected chi connectivity index (χ0v) is 16.4. The van der Waals surface area contributed by atoms with Crippen LogP contribution in [0.5, 0.6) is 5.88 Å². The molecule has 1 aliphatic rings. The molecule has 7 nitrogen and oxygen atoms in total. The molecule has 0 saturated carbocycles. The monoisotopic (exact) mass is 389 g/mol. The van der Waals surface area contributed by atoms with Crippen LogP contribution >= 0.6 is 0 Å². The Kier molecular flexibility index (Phi) is 5.48. The molecule has 1 amide bonds. The van der Waals surface area contributed by atoms with Crippen molar-refractivity contribution in [3.8, 4) is 5.88 Å². The van der Waals surface area contributed by atoms with Crippen molar-refractivity contribution in [1.82, 2.24) is 14.2 Å². The van der Waals surface area contributed by atoms with Crippen molar-refractivity contribution in [2.24, 2.45) is 0 Å². The van der Waals surface area contributed by atoms with E-state index in [9.17, 15) is 13.2 Å². The second-order valence-electron chi connectivity index (χ2n) is 6.77. The summed E-state index contributed by atoms with van der Waals surface area (Å²) < 4.78 is 31.2. The highest BCUT2D eigenvalue weighted by molar-refractivity contribution is 7.89. The summed E-state index contributed by atoms with van der Waals surface area (Å²) in [5.41, 5.74) is 1.52. The lowest BCUT2D eigenvalue weighted by molar-refractivity contribution is 0.0771. The third-order valence-corrected chi connectivity index (χ3v) is 6.31. The predicted molar refractivity (Wildman–Crippen MR) is 101 cm³/mol. The SMILES string of the molecule is Cc1ccc(OC2CCN(C(=O)c3ccc(S(=O)(=O)N(C)C)cc3)C2)nc1. The fraction of sp³-hybridized carbons (Fsp3) is 0.368. The van der Waals surface area contributed by atoms with E-state index in [2.05, 4.69) is 4.98 Å². The fourth-order valence-corrected chi connectivity index (χ4v) is 3.77. The van der Waals surface area contributed by atoms with Gasteiger partial charge in [-0.15, -0.1) is 0 Å². The standard InChI is InChI=1S/C19H23N3O4S/c1-14-4-9-18(20-12-14)26-16-10-11-22(13-16)19(23)15-5-7-17(8-6-15)27(24,25)21(2)3/h4-9,12,16H,10-11,13H2,1-3H3. The minimum atomic E-state index is -3.50. The average Bonchev–Trinajstić information content (AvgIpc) is 3.11. The van der Waals surface area contributed by atoms with Crippen LogP contribution in [0.15, 0.2) is 47.5 Å². The molecule has 1 atom stereocenters. The van der Waals surface area contributed by atoms with Gasteiger partial charge in [-0.05, 0) is 36.8 Å². The van der Waals surface area contributed by atoms with Crippen LogP contribution in [0, 0.1) is 6.92 Å². The summed E-state index contributed by atoms with van der Waals surface area (Å²) in [4.78, 5) is 18.8. The molecule has 1 aromatic carbocycles. The molecule has 2 heterocycles. The molecule has 0 bridgehead atoms. The number of rotatable bonds is 5. The van der Waals surface area contributed by atoms with E-state index in [0.29, 0.717) is 24.5 Å². The van der Waals surface area contributed by atoms with Crippen molar-refractivity contribution in [2.75, 3.05) is 27.2 Å². The zero-order valence-electron chi connectivity index (χ0n) is 15.6. The van der Waals surface area contributed by atoms with Crippen LogP contribution in [0.2, 0.25) is 0 Å². The molecule has 144 valence electrons. The Morgan fingerprint density at radius 1 is 1.19 bits per heavy atom. The molecule has 2 aromatic rings. The summed E-state index contributed by atoms with van der Waals surface area (Å²) in [5.74, 6) is 0.421. The van der Waals surface area contributed by atoms with Gasteiger partial charge in [-0.2, -0.15) is 0 Å². The summed E-state index contributed by atoms with van der Waals surface area (Å²) in [6.45, 7) is 3.03. The number of sulfonamides is 1. The molecular weight excluding hydrogens is 366 g/mol. The maximum Gasteiger partial charge on any atom is 0.253 e. The van der Waals surface area contributed by atoms with Gasteiger partial charge in [0, 0.05) is 44.9 Å². The maximum absolute atomic E-state index is 12.7. The fourth-order valence-electron chi connectivity index (χ4n) is 2.87. The molecule has 1 unspecified atom stereocenters. The van der Waals surface area contributed by atoms with Crippen molar-refractivity contribution in [1.29, 1.82) is 0 Å². The summed E-state index contributed by atoms with van der Waals surface area (Å²) in [5, 5.41) is 0. The van der Waals surface area contributed by atoms with E-state index in [1.165, 1.54) is 26.2 Å². The summed E-state index contributed by atoms with van der Waals surface area (Å²) in [7, 11) is -0.556. The molecule has 1 saturated heterocycles. The van der Waals surface area contributed by atoms with Crippen molar-refractivity contribution in [2.45, 2.75) is 24.3 Å². The quantitative estimate of drug-likeness (QED) is 0.781. The van der Waals surface area contributed by atoms with E-state index >= 15 is 0 Å². The van der Waals surface area contributed by atoms with Crippen molar-refractivity contribution in [3.05, 3.63) is 53.7 Å². The number of hydrogen-bond acceptors (Lipinski definition) is 5. The second-order valence-corrected chi connectivity index (χ2v) is 8.92. The molecule has 27 heavy (non-hydrogen) atoms. The predicted octanol–water partition coefficient (Wildman–Crippen LogP) is 1.93. The van der Waals surface area contributed by atoms with E-state index < -0.39 is 10.0 Å². The van der Waals surface area contributed by atoms with Crippen LogP contribution in [0.4, 0.5) is 0 Å². The van der Waals surface area contributed by atoms with Gasteiger partial charge in [0.25, 0.3) is 5.91 Å². The van der Waals surface area contributed by atoms with Gasteiger partial charge < -0.3 is 9.64 Å². The smallest absolute Gasteiger partial charge is 0.253 e. The van der Waals surface area contributed by atoms with Gasteiger partial charge in [0.05, 0.1) is 11.4 Å². The van der Waals surface area contributed by atoms with Crippen LogP contribution in [-0.4, -0.2) is 61.8 Å². The van der Waals surface area contributed by atoms with Gasteiger partial charge in [-0.3, -0.25) is 4.79 Å². The van der Waals surface area contributed by atoms with E-state index in [1.807, 2.05) is 19.1 Å². The van der Waals surface area contributed by atoms with Crippen molar-refractivity contribution in [3.63, 3.8) is 0 Å². The van der Waals surface area contributed by atoms with Crippen molar-refractivity contribution < 1.29 is 17.9 Å². The van der Waals surface area contributed by atoms with Crippen LogP contribution in [0.1, 0.15) is 22.3 Å². The number of aryl methyl sites for hydroxylation is 1. The molecule has 1 aliphatic heterocycles. The normalized spacial score (nSPS) is 17.3. The summed E-state index contributed by atoms with van der Waals surface area (Å²) in [6, 6.07) is 9.78. The number of hydrogen-bond donors (Lipinski definition) is 0. The van der Waals surface area contributed by atoms with Crippen LogP contribution in [0.25, 0.3) is 0 Å². The number of aromatic nitrogens is 1. The van der Waals surface area contributed by atoms with Crippen molar-refractivity contribution >= 4 is 15.9 Å². The number of likely N-dealkylation sites (tertiary alicyclic amines) is 1. The number of benzene rings is 1. The highest BCUT2D eigenvalue weighted by Crippen LogP contribution is 2.20. The third-order valence-electron chi connectivity index (χ3n) is 4.48. The van der Waals surface area contributed by atoms with Gasteiger partial charge in [-0.25, -0.2) is 17.7 Å². The second kappa shape index (κ2) is 7.66. The zero-order chi connectivity index (χ0) is 19.6. The maximum atomic E-state index is 12.7. The molecule has 0 spiro atoms. The number of pyridine rings is 1. The Hall–Kier alpha value is -2.45. The molecule has 0 aliphatic carbocycles. The molecule has 0 N–H and O–H groups in total. The van der Waals surface area contributed by atoms with E-state index in [-0.39, 0.29) is 16.9 Å². The van der Waals surface area contributed by atoms with E-state index in [4.69, 9.17) is 4.74 Å². The first-order chi connectivity index (χ1) is 12.8. The molecule has 1 aromatic heterocycles. The number of amides is 1. The number of ether oxygens (including phenoxy) is 1. The van der Waals surface area contributed by atoms with E-state index in [0.717, 1.165) is 16.3 Å². The number of carbonyl (C=O) groups is 1. The molecule has 8 heteroatoms. The average molecular weight is 389 g/mol. The number of nitrogens with zero attached hydrogens (tertiary/aromatic N) is 3. The van der Waals surface area contributed by atoms with E-state index in [1.54, 1.807) is 23.2 Å². The van der Waals surface area contributed by atoms with Gasteiger partial charge in [0.1, 0.15) is 6.10 Å². The minimum absolute atomic E-state index is 0.0995. The Morgan fingerprint density at radius 3 is 2.48 bits per heavy atom. The van der Waals surface area contributed by atoms with Gasteiger partial charge in [0.2, 0.25) is 15.9 Å².